The third kappa shape index (κ3) is 4.61. The van der Waals surface area contributed by atoms with Crippen LogP contribution in [-0.2, 0) is 0 Å². The third-order valence-electron chi connectivity index (χ3n) is 9.72. The summed E-state index contributed by atoms with van der Waals surface area (Å²) >= 11 is 0. The standard InChI is InChI=1S/C46H30N4/c1-4-13-31(14-5-1)41-30-42(32-15-6-2-7-16-32)48-46(47-41)35-17-12-20-37(27-35)50-43-22-11-10-21-38(43)39-24-23-33-29-44-34(28-40(33)45(39)50)25-26-49(44)36-18-8-3-9-19-36/h1-30H. The van der Waals surface area contributed by atoms with E-state index in [1.165, 1.54) is 38.0 Å². The molecule has 3 aromatic heterocycles. The summed E-state index contributed by atoms with van der Waals surface area (Å²) in [6, 6.07) is 62.1. The van der Waals surface area contributed by atoms with Gasteiger partial charge in [0.15, 0.2) is 5.82 Å². The average Bonchev–Trinajstić information content (AvgIpc) is 3.77. The summed E-state index contributed by atoms with van der Waals surface area (Å²) in [7, 11) is 0. The molecule has 0 radical (unpaired) electrons. The molecule has 7 aromatic carbocycles. The van der Waals surface area contributed by atoms with Crippen LogP contribution >= 0.6 is 0 Å². The van der Waals surface area contributed by atoms with Crippen molar-refractivity contribution in [2.24, 2.45) is 0 Å². The maximum Gasteiger partial charge on any atom is 0.160 e. The van der Waals surface area contributed by atoms with Crippen LogP contribution in [0.4, 0.5) is 0 Å². The van der Waals surface area contributed by atoms with E-state index in [0.29, 0.717) is 5.82 Å². The summed E-state index contributed by atoms with van der Waals surface area (Å²) in [6.45, 7) is 0. The highest BCUT2D eigenvalue weighted by atomic mass is 15.0. The quantitative estimate of drug-likeness (QED) is 0.188. The van der Waals surface area contributed by atoms with Crippen molar-refractivity contribution < 1.29 is 0 Å². The van der Waals surface area contributed by atoms with Gasteiger partial charge in [0.25, 0.3) is 0 Å². The zero-order valence-corrected chi connectivity index (χ0v) is 27.1. The van der Waals surface area contributed by atoms with Gasteiger partial charge in [-0.1, -0.05) is 121 Å². The lowest BCUT2D eigenvalue weighted by atomic mass is 10.0. The predicted octanol–water partition coefficient (Wildman–Crippen LogP) is 11.7. The van der Waals surface area contributed by atoms with Gasteiger partial charge in [0.05, 0.1) is 27.9 Å². The van der Waals surface area contributed by atoms with Gasteiger partial charge in [0.2, 0.25) is 0 Å². The molecule has 50 heavy (non-hydrogen) atoms. The van der Waals surface area contributed by atoms with Crippen molar-refractivity contribution in [1.29, 1.82) is 0 Å². The molecule has 234 valence electrons. The van der Waals surface area contributed by atoms with E-state index in [4.69, 9.17) is 9.97 Å². The SMILES string of the molecule is c1ccc(-c2cc(-c3ccccc3)nc(-c3cccc(-n4c5ccccc5c5ccc6cc7c(ccn7-c7ccccc7)cc6c54)c3)n2)cc1. The van der Waals surface area contributed by atoms with Crippen molar-refractivity contribution in [3.05, 3.63) is 182 Å². The van der Waals surface area contributed by atoms with E-state index >= 15 is 0 Å². The molecule has 0 aliphatic carbocycles. The first-order chi connectivity index (χ1) is 24.8. The molecule has 0 N–H and O–H groups in total. The maximum absolute atomic E-state index is 5.14. The molecule has 0 atom stereocenters. The van der Waals surface area contributed by atoms with Crippen molar-refractivity contribution in [3.63, 3.8) is 0 Å². The molecule has 3 heterocycles. The molecular formula is C46H30N4. The minimum Gasteiger partial charge on any atom is -0.317 e. The Morgan fingerprint density at radius 1 is 0.380 bits per heavy atom. The van der Waals surface area contributed by atoms with Gasteiger partial charge in [-0.05, 0) is 60.0 Å². The summed E-state index contributed by atoms with van der Waals surface area (Å²) in [4.78, 5) is 10.3. The summed E-state index contributed by atoms with van der Waals surface area (Å²) in [5.74, 6) is 0.696. The van der Waals surface area contributed by atoms with Crippen molar-refractivity contribution in [2.75, 3.05) is 0 Å². The fraction of sp³-hybridized carbons (Fsp3) is 0. The normalized spacial score (nSPS) is 11.6. The Hall–Kier alpha value is -6.78. The molecule has 4 nitrogen and oxygen atoms in total. The van der Waals surface area contributed by atoms with Gasteiger partial charge < -0.3 is 9.13 Å². The maximum atomic E-state index is 5.14. The Bertz CT molecular complexity index is 2790. The fourth-order valence-electron chi connectivity index (χ4n) is 7.37. The lowest BCUT2D eigenvalue weighted by Gasteiger charge is -2.13. The highest BCUT2D eigenvalue weighted by Crippen LogP contribution is 2.39. The van der Waals surface area contributed by atoms with Gasteiger partial charge in [-0.25, -0.2) is 9.97 Å². The number of benzene rings is 7. The second-order valence-corrected chi connectivity index (χ2v) is 12.7. The van der Waals surface area contributed by atoms with Crippen LogP contribution in [0.1, 0.15) is 0 Å². The topological polar surface area (TPSA) is 35.6 Å². The van der Waals surface area contributed by atoms with E-state index in [2.05, 4.69) is 179 Å². The summed E-state index contributed by atoms with van der Waals surface area (Å²) < 4.78 is 4.68. The van der Waals surface area contributed by atoms with Crippen LogP contribution in [0.25, 0.3) is 88.8 Å². The molecule has 0 aliphatic heterocycles. The van der Waals surface area contributed by atoms with Crippen LogP contribution in [0, 0.1) is 0 Å². The van der Waals surface area contributed by atoms with E-state index in [0.717, 1.165) is 45.0 Å². The van der Waals surface area contributed by atoms with Crippen LogP contribution < -0.4 is 0 Å². The Morgan fingerprint density at radius 2 is 1.02 bits per heavy atom. The van der Waals surface area contributed by atoms with Crippen molar-refractivity contribution in [1.82, 2.24) is 19.1 Å². The van der Waals surface area contributed by atoms with Gasteiger partial charge in [-0.15, -0.1) is 0 Å². The van der Waals surface area contributed by atoms with Crippen LogP contribution in [0.3, 0.4) is 0 Å². The summed E-state index contributed by atoms with van der Waals surface area (Å²) in [5, 5.41) is 6.09. The Morgan fingerprint density at radius 3 is 1.76 bits per heavy atom. The van der Waals surface area contributed by atoms with E-state index in [1.807, 2.05) is 12.1 Å². The van der Waals surface area contributed by atoms with Crippen LogP contribution in [-0.4, -0.2) is 19.1 Å². The first kappa shape index (κ1) is 28.3. The van der Waals surface area contributed by atoms with Crippen LogP contribution in [0.15, 0.2) is 182 Å². The van der Waals surface area contributed by atoms with Crippen molar-refractivity contribution >= 4 is 43.5 Å². The molecule has 0 bridgehead atoms. The molecule has 0 aliphatic rings. The smallest absolute Gasteiger partial charge is 0.160 e. The summed E-state index contributed by atoms with van der Waals surface area (Å²) in [6.07, 6.45) is 2.17. The Balaban J connectivity index is 1.20. The minimum atomic E-state index is 0.696. The average molecular weight is 639 g/mol. The molecule has 0 amide bonds. The van der Waals surface area contributed by atoms with Crippen LogP contribution in [0.2, 0.25) is 0 Å². The number of nitrogens with zero attached hydrogens (tertiary/aromatic N) is 4. The molecule has 4 heteroatoms. The molecular weight excluding hydrogens is 609 g/mol. The number of hydrogen-bond donors (Lipinski definition) is 0. The molecule has 0 saturated carbocycles. The van der Waals surface area contributed by atoms with E-state index in [1.54, 1.807) is 0 Å². The third-order valence-corrected chi connectivity index (χ3v) is 9.72. The Kier molecular flexibility index (Phi) is 6.46. The van der Waals surface area contributed by atoms with Crippen LogP contribution in [0.5, 0.6) is 0 Å². The second-order valence-electron chi connectivity index (χ2n) is 12.7. The van der Waals surface area contributed by atoms with Gasteiger partial charge in [0.1, 0.15) is 0 Å². The fourth-order valence-corrected chi connectivity index (χ4v) is 7.37. The molecule has 10 aromatic rings. The number of fused-ring (bicyclic) bond motifs is 6. The molecule has 0 unspecified atom stereocenters. The number of para-hydroxylation sites is 2. The number of rotatable bonds is 5. The molecule has 0 fully saturated rings. The highest BCUT2D eigenvalue weighted by Gasteiger charge is 2.18. The van der Waals surface area contributed by atoms with Gasteiger partial charge in [-0.3, -0.25) is 0 Å². The lowest BCUT2D eigenvalue weighted by Crippen LogP contribution is -1.98. The van der Waals surface area contributed by atoms with E-state index in [9.17, 15) is 0 Å². The lowest BCUT2D eigenvalue weighted by molar-refractivity contribution is 1.13. The number of hydrogen-bond acceptors (Lipinski definition) is 2. The van der Waals surface area contributed by atoms with E-state index < -0.39 is 0 Å². The predicted molar refractivity (Wildman–Crippen MR) is 207 cm³/mol. The van der Waals surface area contributed by atoms with Crippen molar-refractivity contribution in [3.8, 4) is 45.3 Å². The zero-order chi connectivity index (χ0) is 33.0. The summed E-state index contributed by atoms with van der Waals surface area (Å²) in [5.41, 5.74) is 10.7. The first-order valence-electron chi connectivity index (χ1n) is 16.9. The highest BCUT2D eigenvalue weighted by molar-refractivity contribution is 6.20. The largest absolute Gasteiger partial charge is 0.317 e. The van der Waals surface area contributed by atoms with Crippen molar-refractivity contribution in [2.45, 2.75) is 0 Å². The Labute approximate surface area is 289 Å². The first-order valence-corrected chi connectivity index (χ1v) is 16.9. The zero-order valence-electron chi connectivity index (χ0n) is 27.1. The minimum absolute atomic E-state index is 0.696. The second kappa shape index (κ2) is 11.4. The van der Waals surface area contributed by atoms with Gasteiger partial charge in [-0.2, -0.15) is 0 Å². The van der Waals surface area contributed by atoms with E-state index in [-0.39, 0.29) is 0 Å². The molecule has 0 saturated heterocycles. The van der Waals surface area contributed by atoms with Gasteiger partial charge in [0, 0.05) is 55.8 Å². The molecule has 10 rings (SSSR count). The number of aromatic nitrogens is 4. The van der Waals surface area contributed by atoms with Gasteiger partial charge >= 0.3 is 0 Å². The monoisotopic (exact) mass is 638 g/mol. The molecule has 0 spiro atoms.